The van der Waals surface area contributed by atoms with Gasteiger partial charge in [-0.05, 0) is 66.8 Å². The number of nitrogens with one attached hydrogen (secondary N) is 1. The van der Waals surface area contributed by atoms with Crippen LogP contribution in [0.4, 0.5) is 10.1 Å². The molecule has 1 saturated heterocycles. The average molecular weight is 417 g/mol. The van der Waals surface area contributed by atoms with Crippen LogP contribution in [0.2, 0.25) is 0 Å². The SMILES string of the molecule is N#Cc1ccc(-c2ccc(/C=C3\C(=O)NC(=S)N(c4ccccc4F)C3=O)o2)cc1. The van der Waals surface area contributed by atoms with Crippen LogP contribution in [0.3, 0.4) is 0 Å². The topological polar surface area (TPSA) is 86.3 Å². The lowest BCUT2D eigenvalue weighted by molar-refractivity contribution is -0.122. The van der Waals surface area contributed by atoms with Crippen molar-refractivity contribution in [3.8, 4) is 17.4 Å². The normalized spacial score (nSPS) is 15.3. The minimum Gasteiger partial charge on any atom is -0.457 e. The summed E-state index contributed by atoms with van der Waals surface area (Å²) in [4.78, 5) is 26.2. The fourth-order valence-corrected chi connectivity index (χ4v) is 3.22. The summed E-state index contributed by atoms with van der Waals surface area (Å²) in [7, 11) is 0. The van der Waals surface area contributed by atoms with E-state index in [1.54, 1.807) is 42.5 Å². The number of hydrogen-bond donors (Lipinski definition) is 1. The Morgan fingerprint density at radius 3 is 2.50 bits per heavy atom. The first kappa shape index (κ1) is 19.2. The highest BCUT2D eigenvalue weighted by Crippen LogP contribution is 2.27. The van der Waals surface area contributed by atoms with Gasteiger partial charge in [0.25, 0.3) is 11.8 Å². The smallest absolute Gasteiger partial charge is 0.270 e. The predicted molar refractivity (Wildman–Crippen MR) is 111 cm³/mol. The molecule has 0 radical (unpaired) electrons. The van der Waals surface area contributed by atoms with Gasteiger partial charge >= 0.3 is 0 Å². The molecule has 1 aromatic heterocycles. The van der Waals surface area contributed by atoms with Crippen LogP contribution in [0, 0.1) is 17.1 Å². The first-order valence-electron chi connectivity index (χ1n) is 8.74. The van der Waals surface area contributed by atoms with Gasteiger partial charge in [-0.15, -0.1) is 0 Å². The van der Waals surface area contributed by atoms with Gasteiger partial charge in [0.05, 0.1) is 17.3 Å². The summed E-state index contributed by atoms with van der Waals surface area (Å²) in [6.07, 6.45) is 1.28. The monoisotopic (exact) mass is 417 g/mol. The zero-order valence-electron chi connectivity index (χ0n) is 15.3. The second-order valence-electron chi connectivity index (χ2n) is 6.30. The molecular weight excluding hydrogens is 405 g/mol. The average Bonchev–Trinajstić information content (AvgIpc) is 3.21. The number of nitriles is 1. The van der Waals surface area contributed by atoms with E-state index in [1.165, 1.54) is 24.3 Å². The number of carbonyl (C=O) groups is 2. The molecule has 30 heavy (non-hydrogen) atoms. The number of hydrogen-bond acceptors (Lipinski definition) is 5. The molecule has 0 spiro atoms. The molecule has 8 heteroatoms. The zero-order chi connectivity index (χ0) is 21.3. The van der Waals surface area contributed by atoms with Crippen molar-refractivity contribution in [2.75, 3.05) is 4.90 Å². The maximum Gasteiger partial charge on any atom is 0.270 e. The van der Waals surface area contributed by atoms with Crippen molar-refractivity contribution in [1.82, 2.24) is 5.32 Å². The van der Waals surface area contributed by atoms with Crippen LogP contribution in [0.1, 0.15) is 11.3 Å². The first-order chi connectivity index (χ1) is 14.5. The van der Waals surface area contributed by atoms with Gasteiger partial charge < -0.3 is 4.42 Å². The van der Waals surface area contributed by atoms with Gasteiger partial charge in [0.1, 0.15) is 22.9 Å². The molecule has 0 unspecified atom stereocenters. The number of amides is 2. The summed E-state index contributed by atoms with van der Waals surface area (Å²) in [5.74, 6) is -1.35. The summed E-state index contributed by atoms with van der Waals surface area (Å²) in [5.41, 5.74) is 0.942. The van der Waals surface area contributed by atoms with E-state index in [4.69, 9.17) is 21.9 Å². The number of furan rings is 1. The number of carbonyl (C=O) groups excluding carboxylic acids is 2. The highest BCUT2D eigenvalue weighted by atomic mass is 32.1. The van der Waals surface area contributed by atoms with Crippen molar-refractivity contribution >= 4 is 40.9 Å². The Balaban J connectivity index is 1.67. The van der Waals surface area contributed by atoms with Crippen LogP contribution in [0.15, 0.2) is 70.7 Å². The molecule has 1 aliphatic heterocycles. The van der Waals surface area contributed by atoms with Gasteiger partial charge in [-0.2, -0.15) is 5.26 Å². The predicted octanol–water partition coefficient (Wildman–Crippen LogP) is 3.79. The fourth-order valence-electron chi connectivity index (χ4n) is 2.95. The Kier molecular flexibility index (Phi) is 4.96. The van der Waals surface area contributed by atoms with E-state index in [9.17, 15) is 14.0 Å². The van der Waals surface area contributed by atoms with Crippen LogP contribution in [0.25, 0.3) is 17.4 Å². The maximum atomic E-state index is 14.2. The van der Waals surface area contributed by atoms with Crippen LogP contribution in [-0.4, -0.2) is 16.9 Å². The zero-order valence-corrected chi connectivity index (χ0v) is 16.1. The lowest BCUT2D eigenvalue weighted by Crippen LogP contribution is -2.54. The van der Waals surface area contributed by atoms with Gasteiger partial charge in [0.15, 0.2) is 5.11 Å². The Morgan fingerprint density at radius 1 is 1.07 bits per heavy atom. The molecule has 146 valence electrons. The second-order valence-corrected chi connectivity index (χ2v) is 6.69. The summed E-state index contributed by atoms with van der Waals surface area (Å²) in [5, 5.41) is 11.1. The molecule has 6 nitrogen and oxygen atoms in total. The molecule has 3 aromatic rings. The van der Waals surface area contributed by atoms with Crippen LogP contribution >= 0.6 is 12.2 Å². The minimum atomic E-state index is -0.759. The van der Waals surface area contributed by atoms with Crippen molar-refractivity contribution in [1.29, 1.82) is 5.26 Å². The molecule has 0 aliphatic carbocycles. The van der Waals surface area contributed by atoms with Gasteiger partial charge in [0.2, 0.25) is 0 Å². The second kappa shape index (κ2) is 7.73. The standard InChI is InChI=1S/C22H12FN3O3S/c23-17-3-1-2-4-18(17)26-21(28)16(20(27)25-22(26)30)11-15-9-10-19(29-15)14-7-5-13(12-24)6-8-14/h1-11H,(H,25,27,30)/b16-11+. The third-order valence-corrected chi connectivity index (χ3v) is 4.69. The van der Waals surface area contributed by atoms with Crippen LogP contribution < -0.4 is 10.2 Å². The van der Waals surface area contributed by atoms with Crippen molar-refractivity contribution in [3.63, 3.8) is 0 Å². The summed E-state index contributed by atoms with van der Waals surface area (Å²) in [6, 6.07) is 17.7. The Bertz CT molecular complexity index is 1260. The molecule has 4 rings (SSSR count). The molecule has 2 amide bonds. The molecule has 0 saturated carbocycles. The number of halogens is 1. The molecule has 1 aliphatic rings. The third-order valence-electron chi connectivity index (χ3n) is 4.41. The Morgan fingerprint density at radius 2 is 1.80 bits per heavy atom. The van der Waals surface area contributed by atoms with Crippen molar-refractivity contribution in [3.05, 3.63) is 83.4 Å². The fraction of sp³-hybridized carbons (Fsp3) is 0. The Hall–Kier alpha value is -4.09. The largest absolute Gasteiger partial charge is 0.457 e. The quantitative estimate of drug-likeness (QED) is 0.398. The van der Waals surface area contributed by atoms with Crippen molar-refractivity contribution in [2.45, 2.75) is 0 Å². The van der Waals surface area contributed by atoms with E-state index < -0.39 is 17.6 Å². The van der Waals surface area contributed by atoms with Crippen LogP contribution in [-0.2, 0) is 9.59 Å². The van der Waals surface area contributed by atoms with E-state index in [-0.39, 0.29) is 22.1 Å². The van der Waals surface area contributed by atoms with Crippen LogP contribution in [0.5, 0.6) is 0 Å². The summed E-state index contributed by atoms with van der Waals surface area (Å²) < 4.78 is 19.9. The van der Waals surface area contributed by atoms with Gasteiger partial charge in [-0.25, -0.2) is 9.29 Å². The van der Waals surface area contributed by atoms with E-state index in [1.807, 2.05) is 6.07 Å². The van der Waals surface area contributed by atoms with E-state index in [0.717, 1.165) is 10.5 Å². The highest BCUT2D eigenvalue weighted by Gasteiger charge is 2.35. The van der Waals surface area contributed by atoms with E-state index >= 15 is 0 Å². The molecule has 1 N–H and O–H groups in total. The molecule has 2 heterocycles. The molecule has 0 bridgehead atoms. The number of para-hydroxylation sites is 1. The van der Waals surface area contributed by atoms with Gasteiger partial charge in [0, 0.05) is 5.56 Å². The number of anilines is 1. The molecule has 2 aromatic carbocycles. The van der Waals surface area contributed by atoms with Gasteiger partial charge in [-0.3, -0.25) is 14.9 Å². The van der Waals surface area contributed by atoms with Crippen molar-refractivity contribution < 1.29 is 18.4 Å². The number of rotatable bonds is 3. The molecule has 1 fully saturated rings. The first-order valence-corrected chi connectivity index (χ1v) is 9.15. The minimum absolute atomic E-state index is 0.0592. The third kappa shape index (κ3) is 3.50. The summed E-state index contributed by atoms with van der Waals surface area (Å²) >= 11 is 5.06. The number of benzene rings is 2. The van der Waals surface area contributed by atoms with E-state index in [0.29, 0.717) is 11.3 Å². The lowest BCUT2D eigenvalue weighted by Gasteiger charge is -2.28. The highest BCUT2D eigenvalue weighted by molar-refractivity contribution is 7.80. The molecule has 0 atom stereocenters. The van der Waals surface area contributed by atoms with Crippen molar-refractivity contribution in [2.24, 2.45) is 0 Å². The lowest BCUT2D eigenvalue weighted by atomic mass is 10.1. The Labute approximate surface area is 175 Å². The summed E-state index contributed by atoms with van der Waals surface area (Å²) in [6.45, 7) is 0. The number of nitrogens with zero attached hydrogens (tertiary/aromatic N) is 2. The van der Waals surface area contributed by atoms with Gasteiger partial charge in [-0.1, -0.05) is 12.1 Å². The molecular formula is C22H12FN3O3S. The van der Waals surface area contributed by atoms with E-state index in [2.05, 4.69) is 5.32 Å². The number of thiocarbonyl (C=S) groups is 1. The maximum absolute atomic E-state index is 14.2.